The summed E-state index contributed by atoms with van der Waals surface area (Å²) in [5, 5.41) is 0. The third-order valence-corrected chi connectivity index (χ3v) is 0.287. The van der Waals surface area contributed by atoms with E-state index in [4.69, 9.17) is 5.73 Å². The Morgan fingerprint density at radius 3 is 1.67 bits per heavy atom. The topological polar surface area (TPSA) is 43.1 Å². The lowest BCUT2D eigenvalue weighted by Gasteiger charge is -1.73. The molecule has 0 spiro atoms. The summed E-state index contributed by atoms with van der Waals surface area (Å²) in [5.41, 5.74) is 4.82. The first-order valence-corrected chi connectivity index (χ1v) is 5.86. The Kier molecular flexibility index (Phi) is 14.6. The molecule has 0 amide bonds. The lowest BCUT2D eigenvalue weighted by atomic mass is 10.5. The van der Waals surface area contributed by atoms with Crippen molar-refractivity contribution in [1.29, 1.82) is 0 Å². The van der Waals surface area contributed by atoms with Crippen LogP contribution >= 0.6 is 67.8 Å². The van der Waals surface area contributed by atoms with Gasteiger partial charge in [0.1, 0.15) is 5.72 Å². The number of rotatable bonds is 1. The zero-order valence-corrected chi connectivity index (χ0v) is 11.4. The van der Waals surface area contributed by atoms with Crippen LogP contribution in [-0.2, 0) is 4.79 Å². The molecule has 0 aromatic rings. The molecule has 0 aliphatic rings. The molecule has 0 atom stereocenters. The monoisotopic (exact) mass is 467 g/mol. The Morgan fingerprint density at radius 2 is 1.67 bits per heavy atom. The third kappa shape index (κ3) is 41.2. The van der Waals surface area contributed by atoms with E-state index in [2.05, 4.69) is 67.8 Å². The molecule has 0 aromatic heterocycles. The molecule has 0 aliphatic carbocycles. The standard InChI is InChI=1S/C3H7NO.CHI3/c1-3(5)2-4;2-1(3)4/h2,4H2,1H3;1H. The van der Waals surface area contributed by atoms with Gasteiger partial charge in [0.15, 0.2) is 0 Å². The van der Waals surface area contributed by atoms with Crippen molar-refractivity contribution in [2.75, 3.05) is 6.54 Å². The molecule has 2 N–H and O–H groups in total. The molecular formula is C4H8I3NO. The molecule has 0 radical (unpaired) electrons. The lowest BCUT2D eigenvalue weighted by Crippen LogP contribution is -2.07. The van der Waals surface area contributed by atoms with Crippen LogP contribution in [0.25, 0.3) is 0 Å². The number of Topliss-reactive ketones (excluding diaryl/α,β-unsaturated/α-hetero) is 1. The van der Waals surface area contributed by atoms with Crippen LogP contribution in [0.1, 0.15) is 6.92 Å². The summed E-state index contributed by atoms with van der Waals surface area (Å²) in [7, 11) is 0. The van der Waals surface area contributed by atoms with Crippen LogP contribution in [-0.4, -0.2) is 12.3 Å². The second-order valence-electron chi connectivity index (χ2n) is 1.15. The molecule has 0 fully saturated rings. The van der Waals surface area contributed by atoms with Gasteiger partial charge >= 0.3 is 0 Å². The maximum atomic E-state index is 9.69. The highest BCUT2D eigenvalue weighted by molar-refractivity contribution is 14.3. The number of nitrogens with two attached hydrogens (primary N) is 1. The average molecular weight is 467 g/mol. The zero-order chi connectivity index (χ0) is 7.86. The Morgan fingerprint density at radius 1 is 1.56 bits per heavy atom. The minimum absolute atomic E-state index is 0.0324. The van der Waals surface area contributed by atoms with Crippen molar-refractivity contribution in [3.05, 3.63) is 0 Å². The second-order valence-corrected chi connectivity index (χ2v) is 12.0. The summed E-state index contributed by atoms with van der Waals surface area (Å²) in [6, 6.07) is 0. The molecule has 5 heteroatoms. The van der Waals surface area contributed by atoms with E-state index in [1.807, 2.05) is 0 Å². The molecule has 0 rings (SSSR count). The van der Waals surface area contributed by atoms with Gasteiger partial charge in [-0.2, -0.15) is 0 Å². The van der Waals surface area contributed by atoms with Gasteiger partial charge in [0.05, 0.1) is 6.54 Å². The van der Waals surface area contributed by atoms with Crippen LogP contribution in [0.15, 0.2) is 0 Å². The first kappa shape index (κ1) is 13.4. The van der Waals surface area contributed by atoms with Crippen LogP contribution in [0.5, 0.6) is 0 Å². The van der Waals surface area contributed by atoms with Gasteiger partial charge in [-0.3, -0.25) is 4.79 Å². The second kappa shape index (κ2) is 9.82. The smallest absolute Gasteiger partial charge is 0.143 e. The number of carbonyl (C=O) groups is 1. The number of halogens is 3. The van der Waals surface area contributed by atoms with Crippen molar-refractivity contribution in [2.24, 2.45) is 5.73 Å². The molecule has 2 nitrogen and oxygen atoms in total. The van der Waals surface area contributed by atoms with E-state index in [0.717, 1.165) is -0.0619 Å². The van der Waals surface area contributed by atoms with Crippen molar-refractivity contribution in [1.82, 2.24) is 0 Å². The normalized spacial score (nSPS) is 8.22. The van der Waals surface area contributed by atoms with Crippen molar-refractivity contribution < 1.29 is 4.79 Å². The van der Waals surface area contributed by atoms with Crippen LogP contribution in [0.4, 0.5) is 0 Å². The quantitative estimate of drug-likeness (QED) is 0.475. The van der Waals surface area contributed by atoms with Crippen molar-refractivity contribution >= 4 is 73.6 Å². The maximum Gasteiger partial charge on any atom is 0.143 e. The molecular weight excluding hydrogens is 459 g/mol. The minimum Gasteiger partial charge on any atom is -0.324 e. The molecule has 0 saturated heterocycles. The summed E-state index contributed by atoms with van der Waals surface area (Å²) in [6.45, 7) is 1.62. The van der Waals surface area contributed by atoms with Crippen LogP contribution < -0.4 is 5.73 Å². The predicted octanol–water partition coefficient (Wildman–Crippen LogP) is 2.11. The van der Waals surface area contributed by atoms with Crippen LogP contribution in [0.2, 0.25) is 0 Å². The molecule has 0 aromatic carbocycles. The van der Waals surface area contributed by atoms with E-state index in [0.29, 0.717) is 0 Å². The van der Waals surface area contributed by atoms with Gasteiger partial charge in [-0.05, 0) is 6.92 Å². The first-order chi connectivity index (χ1) is 4.00. The van der Waals surface area contributed by atoms with E-state index in [9.17, 15) is 4.79 Å². The van der Waals surface area contributed by atoms with E-state index in [-0.39, 0.29) is 12.3 Å². The van der Waals surface area contributed by atoms with Crippen molar-refractivity contribution in [3.8, 4) is 0 Å². The van der Waals surface area contributed by atoms with Gasteiger partial charge < -0.3 is 5.73 Å². The fourth-order valence-electron chi connectivity index (χ4n) is 0. The summed E-state index contributed by atoms with van der Waals surface area (Å²) >= 11 is 6.95. The maximum absolute atomic E-state index is 9.69. The Balaban J connectivity index is 0. The van der Waals surface area contributed by atoms with Crippen LogP contribution in [0, 0.1) is 0 Å². The molecule has 0 saturated carbocycles. The minimum atomic E-state index is 0.0324. The lowest BCUT2D eigenvalue weighted by molar-refractivity contribution is -0.115. The molecule has 0 heterocycles. The van der Waals surface area contributed by atoms with Crippen molar-refractivity contribution in [3.63, 3.8) is 0 Å². The SMILES string of the molecule is CC(=O)CN.IC(I)I. The highest BCUT2D eigenvalue weighted by Gasteiger charge is 1.77. The van der Waals surface area contributed by atoms with Gasteiger partial charge in [0.2, 0.25) is 0 Å². The number of carbonyl (C=O) groups excluding carboxylic acids is 1. The molecule has 56 valence electrons. The average Bonchev–Trinajstić information content (AvgIpc) is 1.65. The third-order valence-electron chi connectivity index (χ3n) is 0.287. The summed E-state index contributed by atoms with van der Waals surface area (Å²) in [6.07, 6.45) is 0. The molecule has 0 aliphatic heterocycles. The fraction of sp³-hybridized carbons (Fsp3) is 0.750. The predicted molar refractivity (Wildman–Crippen MR) is 65.6 cm³/mol. The fourth-order valence-corrected chi connectivity index (χ4v) is 0. The number of alkyl halides is 3. The Hall–Kier alpha value is 1.82. The number of hydrogen-bond donors (Lipinski definition) is 1. The Bertz CT molecular complexity index is 73.5. The van der Waals surface area contributed by atoms with E-state index >= 15 is 0 Å². The Labute approximate surface area is 96.1 Å². The van der Waals surface area contributed by atoms with Crippen LogP contribution in [0.3, 0.4) is 0 Å². The zero-order valence-electron chi connectivity index (χ0n) is 4.90. The van der Waals surface area contributed by atoms with Gasteiger partial charge in [-0.1, -0.05) is 67.8 Å². The molecule has 9 heavy (non-hydrogen) atoms. The number of ketones is 1. The van der Waals surface area contributed by atoms with E-state index in [1.54, 1.807) is 0 Å². The summed E-state index contributed by atoms with van der Waals surface area (Å²) < 4.78 is 0.743. The molecule has 0 bridgehead atoms. The van der Waals surface area contributed by atoms with Gasteiger partial charge in [-0.15, -0.1) is 0 Å². The number of hydrogen-bond acceptors (Lipinski definition) is 2. The van der Waals surface area contributed by atoms with Gasteiger partial charge in [0, 0.05) is 0 Å². The molecule has 0 unspecified atom stereocenters. The van der Waals surface area contributed by atoms with Gasteiger partial charge in [0.25, 0.3) is 0 Å². The highest BCUT2D eigenvalue weighted by Crippen LogP contribution is 2.16. The van der Waals surface area contributed by atoms with E-state index in [1.165, 1.54) is 6.92 Å². The van der Waals surface area contributed by atoms with E-state index < -0.39 is 0 Å². The summed E-state index contributed by atoms with van der Waals surface area (Å²) in [5.74, 6) is 0.0324. The summed E-state index contributed by atoms with van der Waals surface area (Å²) in [4.78, 5) is 9.69. The van der Waals surface area contributed by atoms with Crippen molar-refractivity contribution in [2.45, 2.75) is 6.86 Å². The highest BCUT2D eigenvalue weighted by atomic mass is 127. The first-order valence-electron chi connectivity index (χ1n) is 2.12. The largest absolute Gasteiger partial charge is 0.324 e. The van der Waals surface area contributed by atoms with Gasteiger partial charge in [-0.25, -0.2) is 0 Å².